The van der Waals surface area contributed by atoms with Crippen LogP contribution in [-0.4, -0.2) is 20.9 Å². The molecule has 0 saturated heterocycles. The van der Waals surface area contributed by atoms with Crippen molar-refractivity contribution < 1.29 is 72.6 Å². The first kappa shape index (κ1) is 15.1. The fourth-order valence-electron chi connectivity index (χ4n) is 1.04. The Labute approximate surface area is 132 Å². The summed E-state index contributed by atoms with van der Waals surface area (Å²) in [7, 11) is 0. The molecule has 16 heavy (non-hydrogen) atoms. The minimum atomic E-state index is -1.58. The van der Waals surface area contributed by atoms with Crippen molar-refractivity contribution in [3.63, 3.8) is 0 Å². The molecule has 0 unspecified atom stereocenters. The van der Waals surface area contributed by atoms with Crippen LogP contribution >= 0.6 is 0 Å². The molecule has 0 heterocycles. The van der Waals surface area contributed by atoms with Crippen molar-refractivity contribution in [2.75, 3.05) is 0 Å². The van der Waals surface area contributed by atoms with Crippen molar-refractivity contribution in [2.45, 2.75) is 0 Å². The smallest absolute Gasteiger partial charge is 1.00 e. The molecule has 0 bridgehead atoms. The summed E-state index contributed by atoms with van der Waals surface area (Å²) in [5.41, 5.74) is -2.54. The number of carboxylic acids is 1. The molecule has 1 N–H and O–H groups in total. The molecule has 1 rings (SSSR count). The summed E-state index contributed by atoms with van der Waals surface area (Å²) in [6.45, 7) is 0. The molecule has 0 aliphatic rings. The molecule has 8 nitrogen and oxygen atoms in total. The molecule has 0 radical (unpaired) electrons. The Morgan fingerprint density at radius 1 is 1.25 bits per heavy atom. The van der Waals surface area contributed by atoms with Crippen LogP contribution in [0.5, 0.6) is 0 Å². The summed E-state index contributed by atoms with van der Waals surface area (Å²) in [6, 6.07) is 2.90. The maximum absolute atomic E-state index is 10.6. The van der Waals surface area contributed by atoms with Crippen molar-refractivity contribution >= 4 is 17.3 Å². The Morgan fingerprint density at radius 3 is 2.19 bits per heavy atom. The number of carboxylic acid groups (broad SMARTS) is 1. The van der Waals surface area contributed by atoms with Crippen molar-refractivity contribution in [3.05, 3.63) is 44.0 Å². The minimum absolute atomic E-state index is 0. The number of aromatic carboxylic acids is 1. The van der Waals surface area contributed by atoms with Gasteiger partial charge in [-0.15, -0.1) is 0 Å². The van der Waals surface area contributed by atoms with Gasteiger partial charge in [0.05, 0.1) is 9.85 Å². The van der Waals surface area contributed by atoms with Crippen LogP contribution in [0.2, 0.25) is 0 Å². The van der Waals surface area contributed by atoms with Gasteiger partial charge < -0.3 is 6.53 Å². The monoisotopic (exact) mass is 252 g/mol. The molecule has 0 aliphatic heterocycles. The first-order valence-corrected chi connectivity index (χ1v) is 3.60. The third kappa shape index (κ3) is 3.06. The van der Waals surface area contributed by atoms with Crippen molar-refractivity contribution in [3.8, 4) is 0 Å². The Morgan fingerprint density at radius 2 is 1.81 bits per heavy atom. The fourth-order valence-corrected chi connectivity index (χ4v) is 1.04. The summed E-state index contributed by atoms with van der Waals surface area (Å²) in [5.74, 6) is -1.58. The molecule has 80 valence electrons. The number of hydrogen-bond acceptors (Lipinski definition) is 5. The van der Waals surface area contributed by atoms with Crippen LogP contribution < -0.4 is 51.4 Å². The average molecular weight is 252 g/mol. The van der Waals surface area contributed by atoms with Gasteiger partial charge in [-0.1, -0.05) is 6.07 Å². The SMILES string of the molecule is O=C(O)c1cccc([N+](=O)[O-])c1[N+](=O)[O-].[H-].[K+]. The standard InChI is InChI=1S/C7H4N2O6.K.H/c10-7(11)4-2-1-3-5(8(12)13)6(4)9(14)15;;/h1-3H,(H,10,11);;/q;+1;-1. The van der Waals surface area contributed by atoms with Gasteiger partial charge in [0.25, 0.3) is 0 Å². The van der Waals surface area contributed by atoms with E-state index in [9.17, 15) is 25.0 Å². The minimum Gasteiger partial charge on any atom is -1.00 e. The summed E-state index contributed by atoms with van der Waals surface area (Å²) in [5, 5.41) is 29.5. The van der Waals surface area contributed by atoms with Gasteiger partial charge in [0.15, 0.2) is 0 Å². The van der Waals surface area contributed by atoms with Gasteiger partial charge in [-0.2, -0.15) is 0 Å². The number of benzene rings is 1. The molecular weight excluding hydrogens is 247 g/mol. The molecular formula is C7H5KN2O6. The molecule has 0 aromatic heterocycles. The predicted octanol–water partition coefficient (Wildman–Crippen LogP) is -1.68. The predicted molar refractivity (Wildman–Crippen MR) is 47.8 cm³/mol. The number of para-hydroxylation sites is 1. The molecule has 0 amide bonds. The first-order chi connectivity index (χ1) is 6.95. The van der Waals surface area contributed by atoms with Gasteiger partial charge in [0, 0.05) is 6.07 Å². The number of nitro benzene ring substituents is 2. The van der Waals surface area contributed by atoms with Crippen LogP contribution in [0.3, 0.4) is 0 Å². The second-order valence-corrected chi connectivity index (χ2v) is 2.49. The van der Waals surface area contributed by atoms with Gasteiger partial charge in [-0.25, -0.2) is 4.79 Å². The second-order valence-electron chi connectivity index (χ2n) is 2.49. The number of hydrogen-bond donors (Lipinski definition) is 1. The van der Waals surface area contributed by atoms with E-state index in [1.54, 1.807) is 0 Å². The van der Waals surface area contributed by atoms with Crippen molar-refractivity contribution in [1.29, 1.82) is 0 Å². The Balaban J connectivity index is 0. The van der Waals surface area contributed by atoms with Crippen molar-refractivity contribution in [1.82, 2.24) is 0 Å². The van der Waals surface area contributed by atoms with E-state index in [2.05, 4.69) is 0 Å². The third-order valence-electron chi connectivity index (χ3n) is 1.62. The van der Waals surface area contributed by atoms with Gasteiger partial charge in [0.1, 0.15) is 5.56 Å². The number of nitrogens with zero attached hydrogens (tertiary/aromatic N) is 2. The van der Waals surface area contributed by atoms with E-state index in [1.165, 1.54) is 0 Å². The van der Waals surface area contributed by atoms with E-state index in [4.69, 9.17) is 5.11 Å². The largest absolute Gasteiger partial charge is 1.00 e. The van der Waals surface area contributed by atoms with Gasteiger partial charge in [-0.05, 0) is 6.07 Å². The van der Waals surface area contributed by atoms with Crippen molar-refractivity contribution in [2.24, 2.45) is 0 Å². The van der Waals surface area contributed by atoms with E-state index in [-0.39, 0.29) is 52.8 Å². The Bertz CT molecular complexity index is 433. The van der Waals surface area contributed by atoms with Crippen LogP contribution in [-0.2, 0) is 0 Å². The third-order valence-corrected chi connectivity index (χ3v) is 1.62. The zero-order valence-electron chi connectivity index (χ0n) is 9.11. The molecule has 0 fully saturated rings. The maximum Gasteiger partial charge on any atom is 1.00 e. The van der Waals surface area contributed by atoms with E-state index in [0.29, 0.717) is 0 Å². The molecule has 1 aromatic carbocycles. The van der Waals surface area contributed by atoms with E-state index < -0.39 is 32.8 Å². The van der Waals surface area contributed by atoms with Crippen LogP contribution in [0, 0.1) is 20.2 Å². The molecule has 0 aliphatic carbocycles. The van der Waals surface area contributed by atoms with Gasteiger partial charge in [-0.3, -0.25) is 20.2 Å². The quantitative estimate of drug-likeness (QED) is 0.389. The molecule has 0 saturated carbocycles. The summed E-state index contributed by atoms with van der Waals surface area (Å²) < 4.78 is 0. The summed E-state index contributed by atoms with van der Waals surface area (Å²) in [6.07, 6.45) is 0. The summed E-state index contributed by atoms with van der Waals surface area (Å²) >= 11 is 0. The zero-order valence-corrected chi connectivity index (χ0v) is 11.2. The Hall–Kier alpha value is -0.874. The zero-order chi connectivity index (χ0) is 11.6. The van der Waals surface area contributed by atoms with Crippen LogP contribution in [0.4, 0.5) is 11.4 Å². The Kier molecular flexibility index (Phi) is 5.68. The van der Waals surface area contributed by atoms with Gasteiger partial charge in [0.2, 0.25) is 0 Å². The average Bonchev–Trinajstić information content (AvgIpc) is 2.16. The molecule has 9 heteroatoms. The summed E-state index contributed by atoms with van der Waals surface area (Å²) in [4.78, 5) is 29.4. The first-order valence-electron chi connectivity index (χ1n) is 3.60. The van der Waals surface area contributed by atoms with Crippen LogP contribution in [0.25, 0.3) is 0 Å². The van der Waals surface area contributed by atoms with E-state index >= 15 is 0 Å². The molecule has 0 spiro atoms. The fraction of sp³-hybridized carbons (Fsp3) is 0. The molecule has 0 atom stereocenters. The van der Waals surface area contributed by atoms with Gasteiger partial charge >= 0.3 is 68.7 Å². The number of carbonyl (C=O) groups is 1. The topological polar surface area (TPSA) is 124 Å². The normalized spacial score (nSPS) is 9.00. The second kappa shape index (κ2) is 6.01. The van der Waals surface area contributed by atoms with Crippen LogP contribution in [0.1, 0.15) is 11.8 Å². The molecule has 1 aromatic rings. The maximum atomic E-state index is 10.6. The van der Waals surface area contributed by atoms with E-state index in [1.807, 2.05) is 0 Å². The van der Waals surface area contributed by atoms with E-state index in [0.717, 1.165) is 18.2 Å². The number of nitro groups is 2. The number of rotatable bonds is 3. The van der Waals surface area contributed by atoms with Crippen LogP contribution in [0.15, 0.2) is 18.2 Å².